The number of carbonyl (C=O) groups is 2. The maximum atomic E-state index is 13.6. The van der Waals surface area contributed by atoms with Gasteiger partial charge in [-0.2, -0.15) is 10.6 Å². The SMILES string of the molecule is Cc1nc(C)c(C=C(C(=O)ON)C(=O)c2c(C)cc(-n3nnnc3NCc3cccc4[nH]ccc34)cc2C)s1. The number of hydrogen-bond donors (Lipinski definition) is 3. The van der Waals surface area contributed by atoms with Crippen LogP contribution in [0, 0.1) is 27.7 Å². The monoisotopic (exact) mass is 542 g/mol. The minimum Gasteiger partial charge on any atom is -0.370 e. The second-order valence-corrected chi connectivity index (χ2v) is 10.3. The molecule has 3 aromatic heterocycles. The molecule has 0 saturated heterocycles. The average Bonchev–Trinajstić information content (AvgIpc) is 3.65. The van der Waals surface area contributed by atoms with Gasteiger partial charge in [0.2, 0.25) is 11.7 Å². The molecule has 5 aromatic rings. The number of nitrogens with zero attached hydrogens (tertiary/aromatic N) is 5. The van der Waals surface area contributed by atoms with Crippen LogP contribution in [0.15, 0.2) is 48.2 Å². The van der Waals surface area contributed by atoms with E-state index in [1.807, 2.05) is 44.3 Å². The van der Waals surface area contributed by atoms with E-state index in [0.29, 0.717) is 45.4 Å². The van der Waals surface area contributed by atoms with Crippen molar-refractivity contribution < 1.29 is 14.4 Å². The van der Waals surface area contributed by atoms with Gasteiger partial charge in [0.25, 0.3) is 0 Å². The summed E-state index contributed by atoms with van der Waals surface area (Å²) < 4.78 is 1.57. The average molecular weight is 543 g/mol. The topological polar surface area (TPSA) is 154 Å². The molecule has 5 rings (SSSR count). The molecular formula is C27H26N8O3S. The van der Waals surface area contributed by atoms with Gasteiger partial charge in [-0.05, 0) is 85.2 Å². The number of ketones is 1. The third kappa shape index (κ3) is 5.07. The Morgan fingerprint density at radius 3 is 2.62 bits per heavy atom. The number of nitrogens with two attached hydrogens (primary N) is 1. The zero-order valence-electron chi connectivity index (χ0n) is 21.8. The Balaban J connectivity index is 1.45. The second-order valence-electron chi connectivity index (χ2n) is 9.05. The summed E-state index contributed by atoms with van der Waals surface area (Å²) in [5, 5.41) is 17.4. The number of aryl methyl sites for hydroxylation is 4. The van der Waals surface area contributed by atoms with Crippen LogP contribution in [-0.2, 0) is 16.2 Å². The van der Waals surface area contributed by atoms with E-state index in [1.165, 1.54) is 17.4 Å². The van der Waals surface area contributed by atoms with Crippen molar-refractivity contribution >= 4 is 46.0 Å². The van der Waals surface area contributed by atoms with Gasteiger partial charge in [-0.3, -0.25) is 4.79 Å². The van der Waals surface area contributed by atoms with Crippen LogP contribution in [0.4, 0.5) is 5.95 Å². The molecule has 12 heteroatoms. The number of thiazole rings is 1. The number of hydrogen-bond acceptors (Lipinski definition) is 10. The number of aromatic amines is 1. The number of Topliss-reactive ketones (excluding diaryl/α,β-unsaturated/α-hetero) is 1. The van der Waals surface area contributed by atoms with Crippen molar-refractivity contribution in [1.29, 1.82) is 0 Å². The number of benzene rings is 2. The van der Waals surface area contributed by atoms with Gasteiger partial charge < -0.3 is 15.1 Å². The van der Waals surface area contributed by atoms with E-state index in [4.69, 9.17) is 5.90 Å². The van der Waals surface area contributed by atoms with Crippen LogP contribution in [0.5, 0.6) is 0 Å². The van der Waals surface area contributed by atoms with Crippen LogP contribution in [0.2, 0.25) is 0 Å². The lowest BCUT2D eigenvalue weighted by Gasteiger charge is -2.14. The van der Waals surface area contributed by atoms with Gasteiger partial charge in [-0.1, -0.05) is 17.2 Å². The first-order chi connectivity index (χ1) is 18.8. The van der Waals surface area contributed by atoms with Gasteiger partial charge in [0.1, 0.15) is 5.57 Å². The van der Waals surface area contributed by atoms with E-state index in [-0.39, 0.29) is 5.57 Å². The lowest BCUT2D eigenvalue weighted by atomic mass is 9.93. The standard InChI is InChI=1S/C27H26N8O3S/c1-14-10-19(35-27(32-33-34-35)30-13-18-6-5-7-22-20(18)8-9-29-22)11-15(2)24(14)25(36)21(26(37)38-28)12-23-16(3)31-17(4)39-23/h5-12,29H,13,28H2,1-4H3,(H,30,32,34). The Bertz CT molecular complexity index is 1720. The number of aromatic nitrogens is 6. The summed E-state index contributed by atoms with van der Waals surface area (Å²) in [5.74, 6) is 4.21. The summed E-state index contributed by atoms with van der Waals surface area (Å²) in [4.78, 5) is 38.9. The van der Waals surface area contributed by atoms with Crippen molar-refractivity contribution in [3.63, 3.8) is 0 Å². The number of fused-ring (bicyclic) bond motifs is 1. The molecule has 4 N–H and O–H groups in total. The van der Waals surface area contributed by atoms with Crippen LogP contribution in [0.1, 0.15) is 42.6 Å². The molecule has 11 nitrogen and oxygen atoms in total. The molecule has 2 aromatic carbocycles. The third-order valence-electron chi connectivity index (χ3n) is 6.37. The fourth-order valence-electron chi connectivity index (χ4n) is 4.60. The zero-order valence-corrected chi connectivity index (χ0v) is 22.6. The summed E-state index contributed by atoms with van der Waals surface area (Å²) in [6, 6.07) is 11.7. The predicted molar refractivity (Wildman–Crippen MR) is 148 cm³/mol. The first kappa shape index (κ1) is 25.9. The molecule has 3 heterocycles. The number of tetrazole rings is 1. The number of nitrogens with one attached hydrogen (secondary N) is 2. The zero-order chi connectivity index (χ0) is 27.7. The van der Waals surface area contributed by atoms with E-state index in [9.17, 15) is 9.59 Å². The molecule has 0 bridgehead atoms. The second kappa shape index (κ2) is 10.6. The van der Waals surface area contributed by atoms with Crippen LogP contribution in [0.25, 0.3) is 22.7 Å². The summed E-state index contributed by atoms with van der Waals surface area (Å²) in [7, 11) is 0. The van der Waals surface area contributed by atoms with Crippen molar-refractivity contribution in [2.45, 2.75) is 34.2 Å². The quantitative estimate of drug-likeness (QED) is 0.0863. The molecule has 0 radical (unpaired) electrons. The Kier molecular flexibility index (Phi) is 7.05. The molecule has 0 amide bonds. The fraction of sp³-hybridized carbons (Fsp3) is 0.185. The molecule has 0 atom stereocenters. The van der Waals surface area contributed by atoms with E-state index < -0.39 is 11.8 Å². The normalized spacial score (nSPS) is 11.7. The molecule has 0 aliphatic carbocycles. The highest BCUT2D eigenvalue weighted by Gasteiger charge is 2.26. The van der Waals surface area contributed by atoms with E-state index in [0.717, 1.165) is 21.5 Å². The molecule has 0 unspecified atom stereocenters. The lowest BCUT2D eigenvalue weighted by Crippen LogP contribution is -2.20. The Morgan fingerprint density at radius 2 is 1.92 bits per heavy atom. The Labute approximate surface area is 227 Å². The maximum absolute atomic E-state index is 13.6. The van der Waals surface area contributed by atoms with Gasteiger partial charge in [-0.15, -0.1) is 11.3 Å². The molecule has 0 aliphatic rings. The summed E-state index contributed by atoms with van der Waals surface area (Å²) >= 11 is 1.38. The maximum Gasteiger partial charge on any atom is 0.360 e. The first-order valence-corrected chi connectivity index (χ1v) is 12.9. The Morgan fingerprint density at radius 1 is 1.15 bits per heavy atom. The minimum atomic E-state index is -0.919. The number of anilines is 1. The molecule has 0 spiro atoms. The minimum absolute atomic E-state index is 0.174. The highest BCUT2D eigenvalue weighted by molar-refractivity contribution is 7.12. The summed E-state index contributed by atoms with van der Waals surface area (Å²) in [5.41, 5.74) is 4.99. The van der Waals surface area contributed by atoms with E-state index in [1.54, 1.807) is 30.7 Å². The van der Waals surface area contributed by atoms with E-state index in [2.05, 4.69) is 35.6 Å². The van der Waals surface area contributed by atoms with Crippen LogP contribution >= 0.6 is 11.3 Å². The molecule has 39 heavy (non-hydrogen) atoms. The highest BCUT2D eigenvalue weighted by atomic mass is 32.1. The summed E-state index contributed by atoms with van der Waals surface area (Å²) in [6.45, 7) is 7.76. The molecule has 198 valence electrons. The lowest BCUT2D eigenvalue weighted by molar-refractivity contribution is -0.138. The number of rotatable bonds is 8. The number of H-pyrrole nitrogens is 1. The van der Waals surface area contributed by atoms with Crippen LogP contribution in [0.3, 0.4) is 0 Å². The molecule has 0 aliphatic heterocycles. The smallest absolute Gasteiger partial charge is 0.360 e. The van der Waals surface area contributed by atoms with Crippen LogP contribution < -0.4 is 11.2 Å². The van der Waals surface area contributed by atoms with Crippen molar-refractivity contribution in [2.75, 3.05) is 5.32 Å². The van der Waals surface area contributed by atoms with Gasteiger partial charge >= 0.3 is 5.97 Å². The van der Waals surface area contributed by atoms with Crippen molar-refractivity contribution in [3.8, 4) is 5.69 Å². The third-order valence-corrected chi connectivity index (χ3v) is 7.39. The first-order valence-electron chi connectivity index (χ1n) is 12.1. The fourth-order valence-corrected chi connectivity index (χ4v) is 5.47. The van der Waals surface area contributed by atoms with Gasteiger partial charge in [0.05, 0.1) is 21.3 Å². The van der Waals surface area contributed by atoms with Crippen molar-refractivity contribution in [2.24, 2.45) is 5.90 Å². The van der Waals surface area contributed by atoms with Gasteiger partial charge in [0, 0.05) is 29.2 Å². The largest absolute Gasteiger partial charge is 0.370 e. The predicted octanol–water partition coefficient (Wildman–Crippen LogP) is 4.13. The van der Waals surface area contributed by atoms with E-state index >= 15 is 0 Å². The van der Waals surface area contributed by atoms with Crippen molar-refractivity contribution in [3.05, 3.63) is 86.0 Å². The van der Waals surface area contributed by atoms with Gasteiger partial charge in [-0.25, -0.2) is 9.78 Å². The van der Waals surface area contributed by atoms with Crippen molar-refractivity contribution in [1.82, 2.24) is 30.2 Å². The molecule has 0 fully saturated rings. The number of carbonyl (C=O) groups excluding carboxylic acids is 2. The van der Waals surface area contributed by atoms with Gasteiger partial charge in [0.15, 0.2) is 0 Å². The van der Waals surface area contributed by atoms with Crippen LogP contribution in [-0.4, -0.2) is 41.9 Å². The molecule has 0 saturated carbocycles. The molecular weight excluding hydrogens is 516 g/mol. The highest BCUT2D eigenvalue weighted by Crippen LogP contribution is 2.27. The Hall–Kier alpha value is -4.68. The summed E-state index contributed by atoms with van der Waals surface area (Å²) in [6.07, 6.45) is 3.39.